The fourth-order valence-electron chi connectivity index (χ4n) is 5.38. The number of pyridine rings is 1. The molecule has 0 aliphatic heterocycles. The Balaban J connectivity index is 1.67. The van der Waals surface area contributed by atoms with E-state index in [0.717, 1.165) is 55.1 Å². The predicted octanol–water partition coefficient (Wildman–Crippen LogP) is 9.46. The Hall–Kier alpha value is -3.59. The summed E-state index contributed by atoms with van der Waals surface area (Å²) in [6, 6.07) is 18.0. The van der Waals surface area contributed by atoms with Crippen LogP contribution in [0, 0.1) is 17.8 Å². The standard InChI is InChI=1S/C35H38NO2/c1-21-13-14-25-27-17-30-26(24-11-9-10-12-29(24)37-30)16-31(27)38-33(25)32(21)28-15-22(18-34(2,3)4)23(20-36(28)8)19-35(5,6)7/h9-17,20H,18-19H2,1-8H3/q+1/i18D2,19D2. The zero-order valence-electron chi connectivity index (χ0n) is 27.5. The lowest BCUT2D eigenvalue weighted by Gasteiger charge is -2.24. The molecule has 3 nitrogen and oxygen atoms in total. The SMILES string of the molecule is [2H]C([2H])(c1cc(-c2c(C)ccc3c2oc2cc4c(cc23)oc2ccccc24)[n+](C)cc1C([2H])([2H])C(C)(C)C)C(C)(C)C. The molecule has 3 heterocycles. The lowest BCUT2D eigenvalue weighted by atomic mass is 9.81. The van der Waals surface area contributed by atoms with E-state index in [0.29, 0.717) is 16.7 Å². The third-order valence-corrected chi connectivity index (χ3v) is 6.90. The van der Waals surface area contributed by atoms with E-state index in [1.54, 1.807) is 6.20 Å². The molecule has 0 N–H and O–H groups in total. The number of aromatic nitrogens is 1. The minimum atomic E-state index is -1.81. The molecule has 6 rings (SSSR count). The Morgan fingerprint density at radius 2 is 1.34 bits per heavy atom. The van der Waals surface area contributed by atoms with Gasteiger partial charge in [0.15, 0.2) is 6.20 Å². The van der Waals surface area contributed by atoms with Crippen LogP contribution in [0.2, 0.25) is 0 Å². The molecular formula is C35H38NO2+. The Morgan fingerprint density at radius 3 is 2.05 bits per heavy atom. The van der Waals surface area contributed by atoms with Crippen molar-refractivity contribution in [2.45, 2.75) is 61.2 Å². The Labute approximate surface area is 230 Å². The van der Waals surface area contributed by atoms with Gasteiger partial charge in [-0.3, -0.25) is 0 Å². The summed E-state index contributed by atoms with van der Waals surface area (Å²) >= 11 is 0. The van der Waals surface area contributed by atoms with E-state index < -0.39 is 23.6 Å². The fourth-order valence-corrected chi connectivity index (χ4v) is 5.38. The first-order chi connectivity index (χ1) is 19.4. The van der Waals surface area contributed by atoms with Gasteiger partial charge in [-0.1, -0.05) is 71.9 Å². The van der Waals surface area contributed by atoms with E-state index in [1.807, 2.05) is 103 Å². The molecule has 3 heteroatoms. The molecule has 0 radical (unpaired) electrons. The number of fused-ring (bicyclic) bond motifs is 6. The van der Waals surface area contributed by atoms with Gasteiger partial charge in [0.1, 0.15) is 29.4 Å². The van der Waals surface area contributed by atoms with Crippen LogP contribution in [0.1, 0.15) is 63.7 Å². The van der Waals surface area contributed by atoms with Gasteiger partial charge in [0, 0.05) is 38.7 Å². The molecule has 0 aliphatic carbocycles. The second-order valence-corrected chi connectivity index (χ2v) is 12.5. The van der Waals surface area contributed by atoms with Gasteiger partial charge >= 0.3 is 0 Å². The van der Waals surface area contributed by atoms with Gasteiger partial charge in [-0.25, -0.2) is 4.57 Å². The zero-order valence-corrected chi connectivity index (χ0v) is 23.5. The van der Waals surface area contributed by atoms with Crippen molar-refractivity contribution < 1.29 is 18.9 Å². The third-order valence-electron chi connectivity index (χ3n) is 6.90. The van der Waals surface area contributed by atoms with Crippen LogP contribution in [-0.4, -0.2) is 0 Å². The minimum Gasteiger partial charge on any atom is -0.456 e. The number of hydrogen-bond donors (Lipinski definition) is 0. The van der Waals surface area contributed by atoms with Crippen molar-refractivity contribution in [3.8, 4) is 11.3 Å². The van der Waals surface area contributed by atoms with Crippen LogP contribution in [0.4, 0.5) is 0 Å². The predicted molar refractivity (Wildman–Crippen MR) is 159 cm³/mol. The Bertz CT molecular complexity index is 2030. The summed E-state index contributed by atoms with van der Waals surface area (Å²) in [7, 11) is 1.90. The summed E-state index contributed by atoms with van der Waals surface area (Å²) in [6.07, 6.45) is -1.82. The largest absolute Gasteiger partial charge is 0.456 e. The first-order valence-electron chi connectivity index (χ1n) is 15.3. The van der Waals surface area contributed by atoms with Crippen LogP contribution in [0.3, 0.4) is 0 Å². The highest BCUT2D eigenvalue weighted by atomic mass is 16.3. The maximum Gasteiger partial charge on any atom is 0.216 e. The number of hydrogen-bond acceptors (Lipinski definition) is 2. The molecular weight excluding hydrogens is 466 g/mol. The van der Waals surface area contributed by atoms with E-state index >= 15 is 0 Å². The molecule has 3 aromatic heterocycles. The van der Waals surface area contributed by atoms with Gasteiger partial charge in [0.2, 0.25) is 5.69 Å². The number of nitrogens with zero attached hydrogens (tertiary/aromatic N) is 1. The Morgan fingerprint density at radius 1 is 0.711 bits per heavy atom. The normalized spacial score (nSPS) is 15.3. The quantitative estimate of drug-likeness (QED) is 0.223. The van der Waals surface area contributed by atoms with Crippen LogP contribution in [-0.2, 0) is 19.8 Å². The van der Waals surface area contributed by atoms with Crippen molar-refractivity contribution in [3.05, 3.63) is 77.5 Å². The average Bonchev–Trinajstić information content (AvgIpc) is 3.43. The molecule has 0 unspecified atom stereocenters. The first kappa shape index (κ1) is 20.4. The van der Waals surface area contributed by atoms with E-state index in [4.69, 9.17) is 11.6 Å². The molecule has 3 aromatic carbocycles. The molecule has 0 spiro atoms. The van der Waals surface area contributed by atoms with Gasteiger partial charge in [-0.2, -0.15) is 0 Å². The van der Waals surface area contributed by atoms with Crippen LogP contribution >= 0.6 is 0 Å². The highest BCUT2D eigenvalue weighted by Gasteiger charge is 2.26. The van der Waals surface area contributed by atoms with Gasteiger partial charge in [0.25, 0.3) is 0 Å². The van der Waals surface area contributed by atoms with E-state index in [9.17, 15) is 2.74 Å². The highest BCUT2D eigenvalue weighted by molar-refractivity contribution is 6.16. The highest BCUT2D eigenvalue weighted by Crippen LogP contribution is 2.41. The molecule has 0 fully saturated rings. The molecule has 0 atom stereocenters. The monoisotopic (exact) mass is 508 g/mol. The molecule has 0 saturated carbocycles. The zero-order chi connectivity index (χ0) is 30.6. The molecule has 0 aliphatic rings. The van der Waals surface area contributed by atoms with Crippen molar-refractivity contribution >= 4 is 43.9 Å². The van der Waals surface area contributed by atoms with Gasteiger partial charge < -0.3 is 8.83 Å². The maximum absolute atomic E-state index is 9.27. The number of aryl methyl sites for hydroxylation is 2. The van der Waals surface area contributed by atoms with Crippen molar-refractivity contribution in [2.75, 3.05) is 0 Å². The first-order valence-corrected chi connectivity index (χ1v) is 13.3. The lowest BCUT2D eigenvalue weighted by Crippen LogP contribution is -2.33. The fraction of sp³-hybridized carbons (Fsp3) is 0.343. The average molecular weight is 509 g/mol. The van der Waals surface area contributed by atoms with Crippen molar-refractivity contribution in [3.63, 3.8) is 0 Å². The third kappa shape index (κ3) is 4.28. The summed E-state index contributed by atoms with van der Waals surface area (Å²) in [5.74, 6) is 0. The summed E-state index contributed by atoms with van der Waals surface area (Å²) in [5, 5.41) is 3.93. The topological polar surface area (TPSA) is 30.2 Å². The number of rotatable bonds is 3. The Kier molecular flexibility index (Phi) is 4.54. The molecule has 38 heavy (non-hydrogen) atoms. The van der Waals surface area contributed by atoms with E-state index in [2.05, 4.69) is 12.1 Å². The lowest BCUT2D eigenvalue weighted by molar-refractivity contribution is -0.660. The second-order valence-electron chi connectivity index (χ2n) is 12.5. The smallest absolute Gasteiger partial charge is 0.216 e. The maximum atomic E-state index is 9.27. The van der Waals surface area contributed by atoms with Gasteiger partial charge in [-0.05, 0) is 59.8 Å². The molecule has 194 valence electrons. The van der Waals surface area contributed by atoms with E-state index in [-0.39, 0.29) is 0 Å². The summed E-state index contributed by atoms with van der Waals surface area (Å²) in [6.45, 7) is 13.2. The molecule has 0 saturated heterocycles. The number of furan rings is 2. The van der Waals surface area contributed by atoms with Gasteiger partial charge in [0.05, 0.1) is 5.56 Å². The van der Waals surface area contributed by atoms with Crippen LogP contribution in [0.5, 0.6) is 0 Å². The van der Waals surface area contributed by atoms with E-state index in [1.165, 1.54) is 0 Å². The van der Waals surface area contributed by atoms with Crippen molar-refractivity contribution in [1.29, 1.82) is 0 Å². The summed E-state index contributed by atoms with van der Waals surface area (Å²) < 4.78 is 51.5. The second kappa shape index (κ2) is 8.46. The van der Waals surface area contributed by atoms with Crippen LogP contribution < -0.4 is 4.57 Å². The molecule has 0 amide bonds. The minimum absolute atomic E-state index is 0.361. The van der Waals surface area contributed by atoms with Crippen molar-refractivity contribution in [2.24, 2.45) is 17.9 Å². The summed E-state index contributed by atoms with van der Waals surface area (Å²) in [5.41, 5.74) is 4.92. The number of benzene rings is 3. The van der Waals surface area contributed by atoms with Crippen LogP contribution in [0.15, 0.2) is 69.6 Å². The number of para-hydroxylation sites is 1. The summed E-state index contributed by atoms with van der Waals surface area (Å²) in [4.78, 5) is 0. The van der Waals surface area contributed by atoms with Gasteiger partial charge in [-0.15, -0.1) is 0 Å². The molecule has 6 aromatic rings. The molecule has 0 bridgehead atoms. The van der Waals surface area contributed by atoms with Crippen LogP contribution in [0.25, 0.3) is 55.1 Å². The van der Waals surface area contributed by atoms with Crippen molar-refractivity contribution in [1.82, 2.24) is 0 Å².